The van der Waals surface area contributed by atoms with Crippen molar-refractivity contribution in [2.24, 2.45) is 46.3 Å². The smallest absolute Gasteiger partial charge is 0.187 e. The highest BCUT2D eigenvalue weighted by Gasteiger charge is 2.69. The van der Waals surface area contributed by atoms with Crippen LogP contribution in [-0.2, 0) is 33.2 Å². The molecule has 9 N–H and O–H groups in total. The van der Waals surface area contributed by atoms with Gasteiger partial charge in [0.1, 0.15) is 66.8 Å². The van der Waals surface area contributed by atoms with Crippen molar-refractivity contribution in [3.8, 4) is 0 Å². The fourth-order valence-corrected chi connectivity index (χ4v) is 14.4. The van der Waals surface area contributed by atoms with Gasteiger partial charge < -0.3 is 79.2 Å². The minimum absolute atomic E-state index is 0.0460. The van der Waals surface area contributed by atoms with Crippen molar-refractivity contribution in [1.29, 1.82) is 0 Å². The van der Waals surface area contributed by atoms with Gasteiger partial charge in [0, 0.05) is 12.5 Å². The second-order valence-corrected chi connectivity index (χ2v) is 21.4. The van der Waals surface area contributed by atoms with Gasteiger partial charge in [0.15, 0.2) is 18.9 Å². The van der Waals surface area contributed by atoms with Crippen molar-refractivity contribution in [2.75, 3.05) is 13.2 Å². The van der Waals surface area contributed by atoms with Crippen molar-refractivity contribution < 1.29 is 79.2 Å². The third kappa shape index (κ3) is 7.31. The molecule has 0 aromatic heterocycles. The normalized spacial score (nSPS) is 58.0. The Morgan fingerprint density at radius 3 is 1.98 bits per heavy atom. The van der Waals surface area contributed by atoms with Crippen LogP contribution in [0.2, 0.25) is 0 Å². The van der Waals surface area contributed by atoms with E-state index in [2.05, 4.69) is 33.8 Å². The van der Waals surface area contributed by atoms with Crippen LogP contribution in [0.4, 0.5) is 0 Å². The molecule has 5 heterocycles. The molecule has 0 radical (unpaired) electrons. The molecule has 26 unspecified atom stereocenters. The standard InChI is InChI=1S/C45H73NO16/c1-19-9-14-45(46(55)17-19)20(2)30-28(62-45)16-27-25-8-7-23-15-24(10-12-43(23,5)26(25)11-13-44(27,30)6)58-42-39(61-41-36(53)34(51)32(49)22(4)57-41)37(54)38(29(18-47)59-42)60-40-35(52)33(50)31(48)21(3)56-40/h7,19-22,24-42,47-55H,8-18H2,1-6H3. The molecule has 3 saturated carbocycles. The third-order valence-corrected chi connectivity index (χ3v) is 18.0. The number of hydrogen-bond acceptors (Lipinski definition) is 17. The SMILES string of the molecule is CC1CCC2(OC3CC4C5CC=C6CC(OC7OC(CO)C(OC8OC(C)C(O)C(O)C8O)C(O)C7OC7OC(C)C(O)C(O)C7O)CCC6(C)C5CCC4(C)C3C2C)N(O)C1. The van der Waals surface area contributed by atoms with Crippen molar-refractivity contribution in [3.05, 3.63) is 11.6 Å². The Balaban J connectivity index is 0.917. The van der Waals surface area contributed by atoms with Crippen molar-refractivity contribution in [1.82, 2.24) is 5.06 Å². The van der Waals surface area contributed by atoms with Crippen molar-refractivity contribution in [2.45, 2.75) is 209 Å². The topological polar surface area (TPSA) is 250 Å². The predicted molar refractivity (Wildman–Crippen MR) is 215 cm³/mol. The molecule has 0 amide bonds. The van der Waals surface area contributed by atoms with Crippen LogP contribution < -0.4 is 0 Å². The Bertz CT molecular complexity index is 1640. The van der Waals surface area contributed by atoms with Gasteiger partial charge in [0.25, 0.3) is 0 Å². The van der Waals surface area contributed by atoms with E-state index < -0.39 is 104 Å². The molecular formula is C45H73NO16. The van der Waals surface area contributed by atoms with E-state index in [1.165, 1.54) is 24.5 Å². The number of aliphatic hydroxyl groups excluding tert-OH is 8. The summed E-state index contributed by atoms with van der Waals surface area (Å²) in [5.74, 6) is 2.60. The first-order valence-corrected chi connectivity index (χ1v) is 23.5. The molecule has 8 fully saturated rings. The molecule has 1 spiro atoms. The Labute approximate surface area is 364 Å². The third-order valence-electron chi connectivity index (χ3n) is 18.0. The lowest BCUT2D eigenvalue weighted by Crippen LogP contribution is -2.66. The van der Waals surface area contributed by atoms with Gasteiger partial charge in [-0.15, -0.1) is 0 Å². The largest absolute Gasteiger partial charge is 0.394 e. The maximum atomic E-state index is 12.0. The molecule has 0 aromatic rings. The molecule has 62 heavy (non-hydrogen) atoms. The van der Waals surface area contributed by atoms with E-state index in [1.54, 1.807) is 0 Å². The van der Waals surface area contributed by atoms with Gasteiger partial charge in [-0.1, -0.05) is 39.3 Å². The number of aliphatic hydroxyl groups is 8. The highest BCUT2D eigenvalue weighted by atomic mass is 16.8. The lowest BCUT2D eigenvalue weighted by molar-refractivity contribution is -0.388. The van der Waals surface area contributed by atoms with Crippen molar-refractivity contribution in [3.63, 3.8) is 0 Å². The van der Waals surface area contributed by atoms with E-state index in [0.717, 1.165) is 44.9 Å². The Morgan fingerprint density at radius 2 is 1.35 bits per heavy atom. The summed E-state index contributed by atoms with van der Waals surface area (Å²) in [6, 6.07) is 0. The van der Waals surface area contributed by atoms with Crippen LogP contribution in [0.25, 0.3) is 0 Å². The summed E-state index contributed by atoms with van der Waals surface area (Å²) >= 11 is 0. The number of rotatable bonds is 7. The van der Waals surface area contributed by atoms with Gasteiger partial charge in [0.2, 0.25) is 0 Å². The van der Waals surface area contributed by atoms with Gasteiger partial charge in [-0.25, -0.2) is 0 Å². The summed E-state index contributed by atoms with van der Waals surface area (Å²) in [6.45, 7) is 12.4. The van der Waals surface area contributed by atoms with Gasteiger partial charge in [-0.3, -0.25) is 0 Å². The van der Waals surface area contributed by atoms with Crippen LogP contribution in [0, 0.1) is 46.3 Å². The van der Waals surface area contributed by atoms with Gasteiger partial charge >= 0.3 is 0 Å². The van der Waals surface area contributed by atoms with Crippen LogP contribution in [-0.4, -0.2) is 174 Å². The molecule has 9 aliphatic rings. The first-order valence-electron chi connectivity index (χ1n) is 23.5. The summed E-state index contributed by atoms with van der Waals surface area (Å²) in [5, 5.41) is 98.7. The van der Waals surface area contributed by atoms with Crippen LogP contribution in [0.3, 0.4) is 0 Å². The highest BCUT2D eigenvalue weighted by Crippen LogP contribution is 2.71. The number of piperidine rings is 1. The Hall–Kier alpha value is -0.940. The van der Waals surface area contributed by atoms with E-state index in [1.807, 2.05) is 0 Å². The molecule has 9 rings (SSSR count). The molecule has 5 aliphatic heterocycles. The first kappa shape index (κ1) is 46.2. The highest BCUT2D eigenvalue weighted by molar-refractivity contribution is 5.26. The van der Waals surface area contributed by atoms with E-state index >= 15 is 0 Å². The fraction of sp³-hybridized carbons (Fsp3) is 0.956. The number of allylic oxidation sites excluding steroid dienone is 1. The number of hydrogen-bond donors (Lipinski definition) is 9. The summed E-state index contributed by atoms with van der Waals surface area (Å²) in [6.07, 6.45) is -11.1. The van der Waals surface area contributed by atoms with Crippen LogP contribution >= 0.6 is 0 Å². The zero-order valence-corrected chi connectivity index (χ0v) is 37.0. The van der Waals surface area contributed by atoms with Gasteiger partial charge in [0.05, 0.1) is 31.0 Å². The monoisotopic (exact) mass is 883 g/mol. The molecule has 0 bridgehead atoms. The summed E-state index contributed by atoms with van der Waals surface area (Å²) in [5.41, 5.74) is 0.822. The summed E-state index contributed by atoms with van der Waals surface area (Å²) in [4.78, 5) is 0. The second kappa shape index (κ2) is 17.0. The van der Waals surface area contributed by atoms with E-state index in [-0.39, 0.29) is 29.0 Å². The molecule has 0 aromatic carbocycles. The fourth-order valence-electron chi connectivity index (χ4n) is 14.4. The average molecular weight is 884 g/mol. The lowest BCUT2D eigenvalue weighted by Gasteiger charge is -2.59. The molecule has 4 aliphatic carbocycles. The lowest BCUT2D eigenvalue weighted by atomic mass is 9.47. The Kier molecular flexibility index (Phi) is 12.7. The molecule has 17 nitrogen and oxygen atoms in total. The summed E-state index contributed by atoms with van der Waals surface area (Å²) < 4.78 is 43.6. The number of hydroxylamine groups is 2. The van der Waals surface area contributed by atoms with Crippen LogP contribution in [0.1, 0.15) is 99.3 Å². The summed E-state index contributed by atoms with van der Waals surface area (Å²) in [7, 11) is 0. The van der Waals surface area contributed by atoms with Crippen molar-refractivity contribution >= 4 is 0 Å². The van der Waals surface area contributed by atoms with Crippen LogP contribution in [0.5, 0.6) is 0 Å². The number of fused-ring (bicyclic) bond motifs is 7. The van der Waals surface area contributed by atoms with Gasteiger partial charge in [-0.2, -0.15) is 5.06 Å². The van der Waals surface area contributed by atoms with E-state index in [4.69, 9.17) is 33.2 Å². The number of ether oxygens (including phenoxy) is 7. The average Bonchev–Trinajstić information content (AvgIpc) is 3.70. The minimum Gasteiger partial charge on any atom is -0.394 e. The molecule has 26 atom stereocenters. The Morgan fingerprint density at radius 1 is 0.710 bits per heavy atom. The van der Waals surface area contributed by atoms with E-state index in [9.17, 15) is 46.1 Å². The zero-order chi connectivity index (χ0) is 44.4. The molecule has 5 saturated heterocycles. The molecule has 354 valence electrons. The molecule has 17 heteroatoms. The number of nitrogens with zero attached hydrogens (tertiary/aromatic N) is 1. The molecular weight excluding hydrogens is 810 g/mol. The second-order valence-electron chi connectivity index (χ2n) is 21.4. The minimum atomic E-state index is -1.71. The van der Waals surface area contributed by atoms with Gasteiger partial charge in [-0.05, 0) is 112 Å². The maximum Gasteiger partial charge on any atom is 0.187 e. The first-order chi connectivity index (χ1) is 29.3. The quantitative estimate of drug-likeness (QED) is 0.161. The van der Waals surface area contributed by atoms with Crippen LogP contribution in [0.15, 0.2) is 11.6 Å². The van der Waals surface area contributed by atoms with E-state index in [0.29, 0.717) is 49.0 Å². The predicted octanol–water partition coefficient (Wildman–Crippen LogP) is 0.916. The zero-order valence-electron chi connectivity index (χ0n) is 37.0. The maximum absolute atomic E-state index is 12.0.